The Labute approximate surface area is 150 Å². The van der Waals surface area contributed by atoms with Crippen LogP contribution in [0.2, 0.25) is 39.3 Å². The van der Waals surface area contributed by atoms with Crippen LogP contribution in [-0.2, 0) is 9.53 Å². The number of carbonyl (C=O) groups is 1. The van der Waals surface area contributed by atoms with E-state index in [0.29, 0.717) is 13.0 Å². The molecule has 0 saturated carbocycles. The first-order valence-electron chi connectivity index (χ1n) is 6.08. The van der Waals surface area contributed by atoms with Crippen LogP contribution in [0, 0.1) is 0 Å². The van der Waals surface area contributed by atoms with Crippen LogP contribution in [-0.4, -0.2) is 80.6 Å². The van der Waals surface area contributed by atoms with Crippen LogP contribution in [0.5, 0.6) is 0 Å². The Morgan fingerprint density at radius 3 is 1.72 bits per heavy atom. The van der Waals surface area contributed by atoms with Crippen molar-refractivity contribution in [1.29, 1.82) is 0 Å². The van der Waals surface area contributed by atoms with Crippen molar-refractivity contribution in [3.05, 3.63) is 4.65 Å². The van der Waals surface area contributed by atoms with Crippen molar-refractivity contribution in [2.75, 3.05) is 6.61 Å². The van der Waals surface area contributed by atoms with Gasteiger partial charge in [-0.05, 0) is 12.8 Å². The van der Waals surface area contributed by atoms with Gasteiger partial charge in [-0.1, -0.05) is 55.8 Å². The van der Waals surface area contributed by atoms with Crippen LogP contribution >= 0.6 is 0 Å². The third-order valence-electron chi connectivity index (χ3n) is 1.86. The van der Waals surface area contributed by atoms with Gasteiger partial charge in [0.15, 0.2) is 0 Å². The van der Waals surface area contributed by atoms with Gasteiger partial charge in [-0.3, -0.25) is 0 Å². The zero-order chi connectivity index (χ0) is 13.7. The average molecular weight is 363 g/mol. The molecule has 1 aliphatic heterocycles. The second-order valence-electron chi connectivity index (χ2n) is 6.27. The fourth-order valence-electron chi connectivity index (χ4n) is 1.77. The van der Waals surface area contributed by atoms with Crippen LogP contribution in [0.1, 0.15) is 12.8 Å². The van der Waals surface area contributed by atoms with Crippen molar-refractivity contribution >= 4 is 67.9 Å². The first kappa shape index (κ1) is 21.6. The SMILES string of the molecule is C[Si](C)(C)[N-][Si](C)(C)C.O=C([O-])C1CCCO1.[Sr+2]. The second-order valence-corrected chi connectivity index (χ2v) is 15.9. The van der Waals surface area contributed by atoms with E-state index in [-0.39, 0.29) is 45.5 Å². The molecule has 102 valence electrons. The molecule has 0 bridgehead atoms. The van der Waals surface area contributed by atoms with Gasteiger partial charge in [-0.25, -0.2) is 0 Å². The predicted octanol–water partition coefficient (Wildman–Crippen LogP) is 1.56. The molecular weight excluding hydrogens is 338 g/mol. The molecule has 0 aliphatic carbocycles. The third-order valence-corrected chi connectivity index (χ3v) is 7.23. The van der Waals surface area contributed by atoms with Crippen LogP contribution < -0.4 is 5.11 Å². The number of rotatable bonds is 3. The maximum absolute atomic E-state index is 9.97. The van der Waals surface area contributed by atoms with Gasteiger partial charge in [0.05, 0.1) is 12.1 Å². The molecule has 4 nitrogen and oxygen atoms in total. The topological polar surface area (TPSA) is 63.5 Å². The van der Waals surface area contributed by atoms with Crippen molar-refractivity contribution in [2.24, 2.45) is 0 Å². The molecule has 1 heterocycles. The number of hydrogen-bond acceptors (Lipinski definition) is 3. The largest absolute Gasteiger partial charge is 2.00 e. The summed E-state index contributed by atoms with van der Waals surface area (Å²) in [5.74, 6) is -1.08. The summed E-state index contributed by atoms with van der Waals surface area (Å²) in [6, 6.07) is 0. The van der Waals surface area contributed by atoms with Crippen LogP contribution in [0.15, 0.2) is 0 Å². The number of carboxylic acid groups (broad SMARTS) is 1. The molecule has 0 amide bonds. The maximum atomic E-state index is 9.97. The van der Waals surface area contributed by atoms with Gasteiger partial charge in [0.1, 0.15) is 0 Å². The van der Waals surface area contributed by atoms with Gasteiger partial charge >= 0.3 is 45.5 Å². The van der Waals surface area contributed by atoms with Crippen LogP contribution in [0.3, 0.4) is 0 Å². The second kappa shape index (κ2) is 9.28. The zero-order valence-electron chi connectivity index (χ0n) is 12.6. The van der Waals surface area contributed by atoms with Crippen molar-refractivity contribution in [3.8, 4) is 0 Å². The first-order chi connectivity index (χ1) is 7.51. The Kier molecular flexibility index (Phi) is 11.1. The van der Waals surface area contributed by atoms with E-state index in [2.05, 4.69) is 39.3 Å². The van der Waals surface area contributed by atoms with Crippen molar-refractivity contribution in [2.45, 2.75) is 58.2 Å². The Balaban J connectivity index is 0. The maximum Gasteiger partial charge on any atom is 2.00 e. The molecule has 0 spiro atoms. The molecule has 0 aromatic heterocycles. The molecular formula is C11H25NO3Si2Sr. The van der Waals surface area contributed by atoms with E-state index in [1.807, 2.05) is 0 Å². The van der Waals surface area contributed by atoms with E-state index in [9.17, 15) is 9.90 Å². The van der Waals surface area contributed by atoms with Gasteiger partial charge in [-0.2, -0.15) is 0 Å². The number of hydrogen-bond donors (Lipinski definition) is 0. The van der Waals surface area contributed by atoms with E-state index < -0.39 is 28.5 Å². The fourth-order valence-corrected chi connectivity index (χ4v) is 9.82. The summed E-state index contributed by atoms with van der Waals surface area (Å²) in [6.45, 7) is 14.3. The van der Waals surface area contributed by atoms with Gasteiger partial charge in [0.25, 0.3) is 0 Å². The molecule has 1 unspecified atom stereocenters. The Bertz CT molecular complexity index is 234. The summed E-state index contributed by atoms with van der Waals surface area (Å²) in [4.78, 5) is 9.97. The fraction of sp³-hybridized carbons (Fsp3) is 0.909. The molecule has 0 radical (unpaired) electrons. The minimum Gasteiger partial charge on any atom is -0.668 e. The van der Waals surface area contributed by atoms with E-state index in [0.717, 1.165) is 6.42 Å². The monoisotopic (exact) mass is 363 g/mol. The minimum atomic E-state index is -1.11. The summed E-state index contributed by atoms with van der Waals surface area (Å²) in [7, 11) is -2.21. The molecule has 1 fully saturated rings. The molecule has 1 rings (SSSR count). The zero-order valence-corrected chi connectivity index (χ0v) is 18.1. The summed E-state index contributed by atoms with van der Waals surface area (Å²) in [5.41, 5.74) is 0. The summed E-state index contributed by atoms with van der Waals surface area (Å²) >= 11 is 0. The van der Waals surface area contributed by atoms with Crippen LogP contribution in [0.4, 0.5) is 0 Å². The number of ether oxygens (including phenoxy) is 1. The van der Waals surface area contributed by atoms with E-state index >= 15 is 0 Å². The van der Waals surface area contributed by atoms with E-state index in [1.54, 1.807) is 0 Å². The summed E-state index contributed by atoms with van der Waals surface area (Å²) in [5, 5.41) is 9.97. The summed E-state index contributed by atoms with van der Waals surface area (Å²) < 4.78 is 9.57. The van der Waals surface area contributed by atoms with Crippen molar-refractivity contribution < 1.29 is 14.6 Å². The van der Waals surface area contributed by atoms with Gasteiger partial charge < -0.3 is 19.3 Å². The average Bonchev–Trinajstić information content (AvgIpc) is 2.47. The number of nitrogens with zero attached hydrogens (tertiary/aromatic N) is 1. The molecule has 1 saturated heterocycles. The smallest absolute Gasteiger partial charge is 0.668 e. The van der Waals surface area contributed by atoms with Crippen LogP contribution in [0.25, 0.3) is 4.65 Å². The molecule has 1 aliphatic rings. The van der Waals surface area contributed by atoms with Gasteiger partial charge in [-0.15, -0.1) is 0 Å². The number of carbonyl (C=O) groups excluding carboxylic acids is 1. The van der Waals surface area contributed by atoms with E-state index in [1.165, 1.54) is 0 Å². The first-order valence-corrected chi connectivity index (χ1v) is 13.0. The normalized spacial score (nSPS) is 19.6. The Morgan fingerprint density at radius 2 is 1.61 bits per heavy atom. The number of carboxylic acids is 1. The third kappa shape index (κ3) is 13.7. The predicted molar refractivity (Wildman–Crippen MR) is 79.8 cm³/mol. The van der Waals surface area contributed by atoms with E-state index in [4.69, 9.17) is 9.38 Å². The van der Waals surface area contributed by atoms with Gasteiger partial charge in [0, 0.05) is 6.61 Å². The molecule has 0 aromatic rings. The standard InChI is InChI=1S/C6H18NSi2.C5H8O3.Sr/c1-8(2,3)7-9(4,5)6;6-5(7)4-2-1-3-8-4;/h1-6H3;4H,1-3H2,(H,6,7);/q-1;;+2/p-1. The molecule has 18 heavy (non-hydrogen) atoms. The Morgan fingerprint density at radius 1 is 1.17 bits per heavy atom. The molecule has 0 aromatic carbocycles. The molecule has 7 heteroatoms. The van der Waals surface area contributed by atoms with Gasteiger partial charge in [0.2, 0.25) is 0 Å². The van der Waals surface area contributed by atoms with Crippen molar-refractivity contribution in [1.82, 2.24) is 0 Å². The minimum absolute atomic E-state index is 0. The quantitative estimate of drug-likeness (QED) is 0.715. The molecule has 0 N–H and O–H groups in total. The number of aliphatic carboxylic acids is 1. The Hall–Kier alpha value is 1.30. The molecule has 1 atom stereocenters. The van der Waals surface area contributed by atoms with Crippen molar-refractivity contribution in [3.63, 3.8) is 0 Å². The summed E-state index contributed by atoms with van der Waals surface area (Å²) in [6.07, 6.45) is 0.830.